The summed E-state index contributed by atoms with van der Waals surface area (Å²) < 4.78 is 0. The maximum absolute atomic E-state index is 5.91. The third kappa shape index (κ3) is 5.11. The van der Waals surface area contributed by atoms with Gasteiger partial charge in [-0.05, 0) is 43.2 Å². The van der Waals surface area contributed by atoms with Crippen LogP contribution in [0.2, 0.25) is 0 Å². The summed E-state index contributed by atoms with van der Waals surface area (Å²) in [5.41, 5.74) is 8.98. The van der Waals surface area contributed by atoms with E-state index in [9.17, 15) is 0 Å². The molecule has 3 rings (SSSR count). The van der Waals surface area contributed by atoms with Crippen LogP contribution in [0.4, 0.5) is 5.82 Å². The van der Waals surface area contributed by atoms with Gasteiger partial charge in [-0.2, -0.15) is 11.8 Å². The normalized spacial score (nSPS) is 18.4. The van der Waals surface area contributed by atoms with E-state index in [0.29, 0.717) is 5.82 Å². The fourth-order valence-electron chi connectivity index (χ4n) is 3.65. The minimum atomic E-state index is 0.534. The molecule has 25 heavy (non-hydrogen) atoms. The van der Waals surface area contributed by atoms with Gasteiger partial charge in [0.2, 0.25) is 0 Å². The number of nitrogens with one attached hydrogen (secondary N) is 1. The molecule has 3 N–H and O–H groups in total. The van der Waals surface area contributed by atoms with E-state index >= 15 is 0 Å². The van der Waals surface area contributed by atoms with Crippen LogP contribution in [-0.4, -0.2) is 44.4 Å². The maximum Gasteiger partial charge on any atom is 0.151 e. The highest BCUT2D eigenvalue weighted by atomic mass is 32.2. The van der Waals surface area contributed by atoms with Crippen LogP contribution in [0.15, 0.2) is 12.5 Å². The van der Waals surface area contributed by atoms with Crippen LogP contribution in [0.5, 0.6) is 0 Å². The van der Waals surface area contributed by atoms with E-state index in [0.717, 1.165) is 23.5 Å². The number of hydrogen-bond acceptors (Lipinski definition) is 5. The van der Waals surface area contributed by atoms with Crippen molar-refractivity contribution in [3.05, 3.63) is 18.1 Å². The van der Waals surface area contributed by atoms with Crippen LogP contribution in [0.1, 0.15) is 51.0 Å². The van der Waals surface area contributed by atoms with Crippen molar-refractivity contribution in [1.82, 2.24) is 19.9 Å². The minimum Gasteiger partial charge on any atom is -0.382 e. The molecular formula is C19H31N5S. The standard InChI is InChI=1S/C19H31N5S/c1-2-3-4-5-9-25-10-7-15-6-8-24(12-15)13-16-11-21-18-17(16)22-14-23-19(18)20/h11,14-15,21H,2-10,12-13H2,1H3,(H2,20,22,23). The molecule has 138 valence electrons. The maximum atomic E-state index is 5.91. The third-order valence-corrected chi connectivity index (χ3v) is 6.25. The Labute approximate surface area is 155 Å². The SMILES string of the molecule is CCCCCCSCCC1CCN(Cc2c[nH]c3c(N)ncnc23)C1. The van der Waals surface area contributed by atoms with E-state index in [-0.39, 0.29) is 0 Å². The summed E-state index contributed by atoms with van der Waals surface area (Å²) in [6, 6.07) is 0. The van der Waals surface area contributed by atoms with Gasteiger partial charge in [-0.15, -0.1) is 0 Å². The van der Waals surface area contributed by atoms with Gasteiger partial charge in [0.1, 0.15) is 11.8 Å². The van der Waals surface area contributed by atoms with Gasteiger partial charge in [0.15, 0.2) is 5.82 Å². The molecule has 5 nitrogen and oxygen atoms in total. The number of anilines is 1. The lowest BCUT2D eigenvalue weighted by atomic mass is 10.1. The number of fused-ring (bicyclic) bond motifs is 1. The van der Waals surface area contributed by atoms with Crippen LogP contribution >= 0.6 is 11.8 Å². The average molecular weight is 362 g/mol. The first-order chi connectivity index (χ1) is 12.3. The minimum absolute atomic E-state index is 0.534. The summed E-state index contributed by atoms with van der Waals surface area (Å²) in [4.78, 5) is 14.2. The Hall–Kier alpha value is -1.27. The number of unbranched alkanes of at least 4 members (excludes halogenated alkanes) is 3. The van der Waals surface area contributed by atoms with Gasteiger partial charge < -0.3 is 10.7 Å². The van der Waals surface area contributed by atoms with Crippen molar-refractivity contribution in [1.29, 1.82) is 0 Å². The molecule has 1 unspecified atom stereocenters. The first-order valence-electron chi connectivity index (χ1n) is 9.64. The molecule has 1 saturated heterocycles. The molecule has 0 spiro atoms. The predicted octanol–water partition coefficient (Wildman–Crippen LogP) is 4.07. The molecule has 0 radical (unpaired) electrons. The molecule has 0 amide bonds. The molecule has 1 fully saturated rings. The summed E-state index contributed by atoms with van der Waals surface area (Å²) >= 11 is 2.15. The summed E-state index contributed by atoms with van der Waals surface area (Å²) in [5, 5.41) is 0. The summed E-state index contributed by atoms with van der Waals surface area (Å²) in [7, 11) is 0. The number of likely N-dealkylation sites (tertiary alicyclic amines) is 1. The average Bonchev–Trinajstić information content (AvgIpc) is 3.23. The topological polar surface area (TPSA) is 70.8 Å². The zero-order valence-corrected chi connectivity index (χ0v) is 16.2. The molecular weight excluding hydrogens is 330 g/mol. The fraction of sp³-hybridized carbons (Fsp3) is 0.684. The zero-order chi connectivity index (χ0) is 17.5. The monoisotopic (exact) mass is 361 g/mol. The molecule has 2 aromatic heterocycles. The quantitative estimate of drug-likeness (QED) is 0.624. The van der Waals surface area contributed by atoms with E-state index < -0.39 is 0 Å². The van der Waals surface area contributed by atoms with Crippen molar-refractivity contribution >= 4 is 28.6 Å². The second-order valence-corrected chi connectivity index (χ2v) is 8.37. The van der Waals surface area contributed by atoms with Gasteiger partial charge >= 0.3 is 0 Å². The van der Waals surface area contributed by atoms with Gasteiger partial charge in [0.25, 0.3) is 0 Å². The van der Waals surface area contributed by atoms with Crippen LogP contribution in [-0.2, 0) is 6.54 Å². The van der Waals surface area contributed by atoms with Crippen LogP contribution in [0.25, 0.3) is 11.0 Å². The molecule has 6 heteroatoms. The Balaban J connectivity index is 1.39. The van der Waals surface area contributed by atoms with Crippen molar-refractivity contribution in [2.24, 2.45) is 5.92 Å². The highest BCUT2D eigenvalue weighted by molar-refractivity contribution is 7.99. The molecule has 0 saturated carbocycles. The van der Waals surface area contributed by atoms with E-state index in [4.69, 9.17) is 5.73 Å². The summed E-state index contributed by atoms with van der Waals surface area (Å²) in [6.45, 7) is 5.64. The lowest BCUT2D eigenvalue weighted by Crippen LogP contribution is -2.20. The molecule has 1 atom stereocenters. The molecule has 0 aromatic carbocycles. The van der Waals surface area contributed by atoms with Gasteiger partial charge in [-0.25, -0.2) is 9.97 Å². The highest BCUT2D eigenvalue weighted by Gasteiger charge is 2.23. The first-order valence-corrected chi connectivity index (χ1v) is 10.8. The van der Waals surface area contributed by atoms with Crippen molar-refractivity contribution in [2.75, 3.05) is 30.3 Å². The second kappa shape index (κ2) is 9.43. The van der Waals surface area contributed by atoms with Crippen molar-refractivity contribution in [2.45, 2.75) is 52.0 Å². The van der Waals surface area contributed by atoms with Crippen molar-refractivity contribution in [3.63, 3.8) is 0 Å². The number of aromatic amines is 1. The van der Waals surface area contributed by atoms with Gasteiger partial charge in [0.05, 0.1) is 5.52 Å². The third-order valence-electron chi connectivity index (χ3n) is 5.15. The number of rotatable bonds is 10. The smallest absolute Gasteiger partial charge is 0.151 e. The second-order valence-electron chi connectivity index (χ2n) is 7.15. The van der Waals surface area contributed by atoms with Crippen LogP contribution in [0, 0.1) is 5.92 Å². The summed E-state index contributed by atoms with van der Waals surface area (Å²) in [6.07, 6.45) is 11.8. The van der Waals surface area contributed by atoms with E-state index in [1.807, 2.05) is 6.20 Å². The largest absolute Gasteiger partial charge is 0.382 e. The van der Waals surface area contributed by atoms with Crippen molar-refractivity contribution in [3.8, 4) is 0 Å². The Morgan fingerprint density at radius 1 is 1.28 bits per heavy atom. The van der Waals surface area contributed by atoms with Crippen LogP contribution in [0.3, 0.4) is 0 Å². The number of nitrogens with zero attached hydrogens (tertiary/aromatic N) is 3. The van der Waals surface area contributed by atoms with Crippen LogP contribution < -0.4 is 5.73 Å². The molecule has 0 bridgehead atoms. The Kier molecular flexibility index (Phi) is 6.99. The number of nitrogens with two attached hydrogens (primary N) is 1. The number of hydrogen-bond donors (Lipinski definition) is 2. The number of aromatic nitrogens is 3. The number of thioether (sulfide) groups is 1. The van der Waals surface area contributed by atoms with Crippen molar-refractivity contribution < 1.29 is 0 Å². The van der Waals surface area contributed by atoms with Gasteiger partial charge in [0, 0.05) is 24.8 Å². The predicted molar refractivity (Wildman–Crippen MR) is 108 cm³/mol. The summed E-state index contributed by atoms with van der Waals surface area (Å²) in [5.74, 6) is 4.05. The van der Waals surface area contributed by atoms with E-state index in [2.05, 4.69) is 38.5 Å². The molecule has 1 aliphatic heterocycles. The number of nitrogen functional groups attached to an aromatic ring is 1. The Morgan fingerprint density at radius 2 is 2.20 bits per heavy atom. The zero-order valence-electron chi connectivity index (χ0n) is 15.3. The Bertz CT molecular complexity index is 656. The fourth-order valence-corrected chi connectivity index (χ4v) is 4.76. The highest BCUT2D eigenvalue weighted by Crippen LogP contribution is 2.26. The molecule has 1 aliphatic rings. The lowest BCUT2D eigenvalue weighted by Gasteiger charge is -2.15. The molecule has 0 aliphatic carbocycles. The molecule has 3 heterocycles. The first kappa shape index (κ1) is 18.5. The van der Waals surface area contributed by atoms with E-state index in [1.54, 1.807) is 6.33 Å². The molecule has 2 aromatic rings. The van der Waals surface area contributed by atoms with Gasteiger partial charge in [-0.3, -0.25) is 4.90 Å². The number of H-pyrrole nitrogens is 1. The Morgan fingerprint density at radius 3 is 3.08 bits per heavy atom. The lowest BCUT2D eigenvalue weighted by molar-refractivity contribution is 0.316. The van der Waals surface area contributed by atoms with E-state index in [1.165, 1.54) is 68.7 Å². The van der Waals surface area contributed by atoms with Gasteiger partial charge in [-0.1, -0.05) is 26.2 Å².